The number of ether oxygens (including phenoxy) is 1. The van der Waals surface area contributed by atoms with Crippen LogP contribution in [0.5, 0.6) is 0 Å². The Kier molecular flexibility index (Phi) is 7.33. The van der Waals surface area contributed by atoms with Gasteiger partial charge in [0.15, 0.2) is 11.5 Å². The smallest absolute Gasteiger partial charge is 0.338 e. The van der Waals surface area contributed by atoms with Gasteiger partial charge in [-0.15, -0.1) is 10.2 Å². The number of hydrogen-bond donors (Lipinski definition) is 1. The molecule has 2 heterocycles. The van der Waals surface area contributed by atoms with E-state index in [1.165, 1.54) is 36.3 Å². The highest BCUT2D eigenvalue weighted by Crippen LogP contribution is 2.21. The Morgan fingerprint density at radius 2 is 1.67 bits per heavy atom. The Morgan fingerprint density at radius 1 is 0.944 bits per heavy atom. The Bertz CT molecular complexity index is 1290. The molecule has 1 aromatic heterocycles. The minimum atomic E-state index is -0.664. The van der Waals surface area contributed by atoms with Crippen molar-refractivity contribution in [1.82, 2.24) is 20.4 Å². The fourth-order valence-electron chi connectivity index (χ4n) is 3.80. The SMILES string of the molecule is COC(=O)c1ccccc1C(=O)N1CCCN(c2ccc(C(=O)NCc3ccc(C)cc3)nn2)C1=O. The number of aryl methyl sites for hydroxylation is 1. The van der Waals surface area contributed by atoms with E-state index < -0.39 is 23.8 Å². The van der Waals surface area contributed by atoms with E-state index in [2.05, 4.69) is 15.5 Å². The zero-order valence-corrected chi connectivity index (χ0v) is 19.9. The predicted octanol–water partition coefficient (Wildman–Crippen LogP) is 2.97. The highest BCUT2D eigenvalue weighted by atomic mass is 16.5. The minimum Gasteiger partial charge on any atom is -0.465 e. The molecule has 184 valence electrons. The number of hydrogen-bond acceptors (Lipinski definition) is 7. The van der Waals surface area contributed by atoms with Gasteiger partial charge < -0.3 is 10.1 Å². The van der Waals surface area contributed by atoms with Crippen LogP contribution in [-0.2, 0) is 11.3 Å². The van der Waals surface area contributed by atoms with Crippen LogP contribution in [0.3, 0.4) is 0 Å². The number of nitrogens with one attached hydrogen (secondary N) is 1. The van der Waals surface area contributed by atoms with Gasteiger partial charge in [0.25, 0.3) is 11.8 Å². The lowest BCUT2D eigenvalue weighted by Gasteiger charge is -2.33. The van der Waals surface area contributed by atoms with E-state index in [4.69, 9.17) is 4.74 Å². The van der Waals surface area contributed by atoms with E-state index in [1.807, 2.05) is 31.2 Å². The normalized spacial score (nSPS) is 13.3. The lowest BCUT2D eigenvalue weighted by atomic mass is 10.1. The maximum atomic E-state index is 13.2. The van der Waals surface area contributed by atoms with Gasteiger partial charge in [0.2, 0.25) is 0 Å². The van der Waals surface area contributed by atoms with Crippen LogP contribution in [-0.4, -0.2) is 59.1 Å². The number of amides is 4. The number of carbonyl (C=O) groups excluding carboxylic acids is 4. The number of aromatic nitrogens is 2. The Labute approximate surface area is 207 Å². The first-order chi connectivity index (χ1) is 17.4. The number of anilines is 1. The summed E-state index contributed by atoms with van der Waals surface area (Å²) in [6.07, 6.45) is 0.498. The topological polar surface area (TPSA) is 122 Å². The molecule has 10 heteroatoms. The standard InChI is InChI=1S/C26H25N5O5/c1-17-8-10-18(11-9-17)16-27-23(32)21-12-13-22(29-28-21)30-14-5-15-31(26(30)35)24(33)19-6-3-4-7-20(19)25(34)36-2/h3-4,6-13H,5,14-16H2,1-2H3,(H,27,32). The summed E-state index contributed by atoms with van der Waals surface area (Å²) in [5.74, 6) is -1.45. The number of nitrogens with zero attached hydrogens (tertiary/aromatic N) is 4. The molecule has 0 radical (unpaired) electrons. The molecule has 1 aliphatic heterocycles. The molecule has 36 heavy (non-hydrogen) atoms. The van der Waals surface area contributed by atoms with E-state index in [-0.39, 0.29) is 29.2 Å². The Balaban J connectivity index is 1.45. The molecule has 0 spiro atoms. The van der Waals surface area contributed by atoms with Gasteiger partial charge >= 0.3 is 12.0 Å². The first-order valence-electron chi connectivity index (χ1n) is 11.4. The predicted molar refractivity (Wildman–Crippen MR) is 131 cm³/mol. The molecule has 0 aliphatic carbocycles. The molecule has 0 saturated carbocycles. The molecule has 0 unspecified atom stereocenters. The van der Waals surface area contributed by atoms with Crippen LogP contribution < -0.4 is 10.2 Å². The molecule has 3 aromatic rings. The summed E-state index contributed by atoms with van der Waals surface area (Å²) in [6.45, 7) is 2.85. The van der Waals surface area contributed by atoms with E-state index in [1.54, 1.807) is 12.1 Å². The first-order valence-corrected chi connectivity index (χ1v) is 11.4. The maximum Gasteiger partial charge on any atom is 0.338 e. The number of rotatable bonds is 6. The summed E-state index contributed by atoms with van der Waals surface area (Å²) in [7, 11) is 1.22. The van der Waals surface area contributed by atoms with Gasteiger partial charge in [0.1, 0.15) is 0 Å². The third kappa shape index (κ3) is 5.22. The summed E-state index contributed by atoms with van der Waals surface area (Å²) in [6, 6.07) is 16.4. The van der Waals surface area contributed by atoms with Crippen molar-refractivity contribution in [3.63, 3.8) is 0 Å². The Hall–Kier alpha value is -4.60. The summed E-state index contributed by atoms with van der Waals surface area (Å²) in [4.78, 5) is 53.2. The maximum absolute atomic E-state index is 13.2. The molecule has 1 fully saturated rings. The molecular weight excluding hydrogens is 462 g/mol. The van der Waals surface area contributed by atoms with Gasteiger partial charge in [0, 0.05) is 19.6 Å². The second kappa shape index (κ2) is 10.8. The zero-order valence-electron chi connectivity index (χ0n) is 19.9. The van der Waals surface area contributed by atoms with E-state index in [9.17, 15) is 19.2 Å². The lowest BCUT2D eigenvalue weighted by molar-refractivity contribution is 0.0591. The highest BCUT2D eigenvalue weighted by Gasteiger charge is 2.34. The van der Waals surface area contributed by atoms with Crippen molar-refractivity contribution in [2.75, 3.05) is 25.1 Å². The third-order valence-electron chi connectivity index (χ3n) is 5.77. The fourth-order valence-corrected chi connectivity index (χ4v) is 3.80. The lowest BCUT2D eigenvalue weighted by Crippen LogP contribution is -2.52. The van der Waals surface area contributed by atoms with E-state index in [0.717, 1.165) is 16.0 Å². The van der Waals surface area contributed by atoms with Crippen LogP contribution in [0.4, 0.5) is 10.6 Å². The molecule has 1 N–H and O–H groups in total. The largest absolute Gasteiger partial charge is 0.465 e. The van der Waals surface area contributed by atoms with Crippen LogP contribution in [0.15, 0.2) is 60.7 Å². The average Bonchev–Trinajstić information content (AvgIpc) is 2.92. The highest BCUT2D eigenvalue weighted by molar-refractivity contribution is 6.13. The van der Waals surface area contributed by atoms with Crippen LogP contribution >= 0.6 is 0 Å². The summed E-state index contributed by atoms with van der Waals surface area (Å²) in [5.41, 5.74) is 2.35. The van der Waals surface area contributed by atoms with Crippen molar-refractivity contribution in [2.45, 2.75) is 19.9 Å². The van der Waals surface area contributed by atoms with Crippen LogP contribution in [0.2, 0.25) is 0 Å². The van der Waals surface area contributed by atoms with Gasteiger partial charge in [-0.2, -0.15) is 0 Å². The van der Waals surface area contributed by atoms with Crippen LogP contribution in [0, 0.1) is 6.92 Å². The number of esters is 1. The van der Waals surface area contributed by atoms with Gasteiger partial charge in [-0.1, -0.05) is 42.0 Å². The molecule has 10 nitrogen and oxygen atoms in total. The van der Waals surface area contributed by atoms with Crippen molar-refractivity contribution in [1.29, 1.82) is 0 Å². The van der Waals surface area contributed by atoms with Gasteiger partial charge in [0.05, 0.1) is 18.2 Å². The first kappa shape index (κ1) is 24.5. The van der Waals surface area contributed by atoms with Crippen molar-refractivity contribution >= 4 is 29.6 Å². The zero-order chi connectivity index (χ0) is 25.7. The third-order valence-corrected chi connectivity index (χ3v) is 5.77. The van der Waals surface area contributed by atoms with Crippen molar-refractivity contribution in [2.24, 2.45) is 0 Å². The molecule has 1 saturated heterocycles. The summed E-state index contributed by atoms with van der Waals surface area (Å²) in [5, 5.41) is 10.8. The number of urea groups is 1. The molecule has 1 aliphatic rings. The second-order valence-corrected chi connectivity index (χ2v) is 8.23. The quantitative estimate of drug-likeness (QED) is 0.531. The van der Waals surface area contributed by atoms with E-state index in [0.29, 0.717) is 19.5 Å². The van der Waals surface area contributed by atoms with Gasteiger partial charge in [-0.05, 0) is 43.2 Å². The molecule has 0 atom stereocenters. The number of carbonyl (C=O) groups is 4. The van der Waals surface area contributed by atoms with Crippen molar-refractivity contribution in [3.8, 4) is 0 Å². The Morgan fingerprint density at radius 3 is 2.33 bits per heavy atom. The van der Waals surface area contributed by atoms with Gasteiger partial charge in [-0.3, -0.25) is 19.4 Å². The fraction of sp³-hybridized carbons (Fsp3) is 0.231. The number of methoxy groups -OCH3 is 1. The molecule has 4 rings (SSSR count). The summed E-state index contributed by atoms with van der Waals surface area (Å²) >= 11 is 0. The number of benzene rings is 2. The van der Waals surface area contributed by atoms with Crippen LogP contribution in [0.1, 0.15) is 48.8 Å². The molecular formula is C26H25N5O5. The monoisotopic (exact) mass is 487 g/mol. The van der Waals surface area contributed by atoms with Crippen LogP contribution in [0.25, 0.3) is 0 Å². The summed E-state index contributed by atoms with van der Waals surface area (Å²) < 4.78 is 4.75. The minimum absolute atomic E-state index is 0.0752. The number of imide groups is 1. The molecule has 4 amide bonds. The van der Waals surface area contributed by atoms with Gasteiger partial charge in [-0.25, -0.2) is 9.59 Å². The molecule has 2 aromatic carbocycles. The van der Waals surface area contributed by atoms with Crippen molar-refractivity contribution < 1.29 is 23.9 Å². The van der Waals surface area contributed by atoms with Crippen molar-refractivity contribution in [3.05, 3.63) is 88.6 Å². The average molecular weight is 488 g/mol. The molecule has 0 bridgehead atoms. The van der Waals surface area contributed by atoms with E-state index >= 15 is 0 Å². The second-order valence-electron chi connectivity index (χ2n) is 8.23.